The minimum absolute atomic E-state index is 0.619. The molecule has 0 amide bonds. The standard InChI is InChI=1S/C9H12ClN3/c1-11-9-12-7-5-3-2-4-6(7)8(10)13-9/h2-5H2,1H3,(H,11,12,13). The Bertz CT molecular complexity index is 325. The van der Waals surface area contributed by atoms with Crippen LogP contribution in [0.3, 0.4) is 0 Å². The minimum Gasteiger partial charge on any atom is -0.357 e. The van der Waals surface area contributed by atoms with Gasteiger partial charge in [-0.15, -0.1) is 0 Å². The van der Waals surface area contributed by atoms with Crippen molar-refractivity contribution in [3.05, 3.63) is 16.4 Å². The van der Waals surface area contributed by atoms with E-state index in [9.17, 15) is 0 Å². The molecule has 1 heterocycles. The van der Waals surface area contributed by atoms with Crippen LogP contribution in [0, 0.1) is 0 Å². The first-order valence-corrected chi connectivity index (χ1v) is 4.92. The molecule has 0 fully saturated rings. The highest BCUT2D eigenvalue weighted by molar-refractivity contribution is 6.30. The number of hydrogen-bond donors (Lipinski definition) is 1. The van der Waals surface area contributed by atoms with E-state index in [-0.39, 0.29) is 0 Å². The molecule has 13 heavy (non-hydrogen) atoms. The number of hydrogen-bond acceptors (Lipinski definition) is 3. The van der Waals surface area contributed by atoms with Crippen molar-refractivity contribution in [3.8, 4) is 0 Å². The lowest BCUT2D eigenvalue weighted by molar-refractivity contribution is 0.663. The van der Waals surface area contributed by atoms with Gasteiger partial charge in [-0.25, -0.2) is 9.97 Å². The first-order chi connectivity index (χ1) is 6.31. The predicted octanol–water partition coefficient (Wildman–Crippen LogP) is 2.05. The molecule has 0 unspecified atom stereocenters. The van der Waals surface area contributed by atoms with Crippen LogP contribution in [0.25, 0.3) is 0 Å². The number of nitrogens with zero attached hydrogens (tertiary/aromatic N) is 2. The molecule has 1 aliphatic carbocycles. The fourth-order valence-electron chi connectivity index (χ4n) is 1.66. The number of fused-ring (bicyclic) bond motifs is 1. The van der Waals surface area contributed by atoms with E-state index in [0.717, 1.165) is 24.1 Å². The summed E-state index contributed by atoms with van der Waals surface area (Å²) in [5.41, 5.74) is 2.27. The van der Waals surface area contributed by atoms with E-state index in [1.54, 1.807) is 7.05 Å². The first kappa shape index (κ1) is 8.75. The van der Waals surface area contributed by atoms with Crippen molar-refractivity contribution in [1.29, 1.82) is 0 Å². The molecule has 0 spiro atoms. The Hall–Kier alpha value is -0.830. The SMILES string of the molecule is CNc1nc(Cl)c2c(n1)CCCC2. The average Bonchev–Trinajstić information content (AvgIpc) is 2.18. The summed E-state index contributed by atoms with van der Waals surface area (Å²) in [5, 5.41) is 3.53. The van der Waals surface area contributed by atoms with Crippen molar-refractivity contribution in [2.24, 2.45) is 0 Å². The quantitative estimate of drug-likeness (QED) is 0.701. The molecular formula is C9H12ClN3. The minimum atomic E-state index is 0.619. The Morgan fingerprint density at radius 1 is 1.23 bits per heavy atom. The second-order valence-corrected chi connectivity index (χ2v) is 3.58. The van der Waals surface area contributed by atoms with Crippen LogP contribution in [-0.4, -0.2) is 17.0 Å². The van der Waals surface area contributed by atoms with Crippen LogP contribution in [0.15, 0.2) is 0 Å². The van der Waals surface area contributed by atoms with E-state index in [2.05, 4.69) is 15.3 Å². The number of halogens is 1. The molecule has 4 heteroatoms. The third-order valence-electron chi connectivity index (χ3n) is 2.36. The summed E-state index contributed by atoms with van der Waals surface area (Å²) in [7, 11) is 1.81. The Morgan fingerprint density at radius 2 is 2.00 bits per heavy atom. The molecule has 0 aromatic carbocycles. The summed E-state index contributed by atoms with van der Waals surface area (Å²) in [6.45, 7) is 0. The molecule has 1 aliphatic rings. The molecule has 1 N–H and O–H groups in total. The Kier molecular flexibility index (Phi) is 2.36. The van der Waals surface area contributed by atoms with Gasteiger partial charge >= 0.3 is 0 Å². The van der Waals surface area contributed by atoms with Crippen molar-refractivity contribution in [2.75, 3.05) is 12.4 Å². The van der Waals surface area contributed by atoms with Crippen molar-refractivity contribution >= 4 is 17.5 Å². The molecule has 0 saturated carbocycles. The van der Waals surface area contributed by atoms with E-state index < -0.39 is 0 Å². The number of aromatic nitrogens is 2. The fourth-order valence-corrected chi connectivity index (χ4v) is 1.94. The maximum Gasteiger partial charge on any atom is 0.224 e. The molecular weight excluding hydrogens is 186 g/mol. The monoisotopic (exact) mass is 197 g/mol. The summed E-state index contributed by atoms with van der Waals surface area (Å²) < 4.78 is 0. The summed E-state index contributed by atoms with van der Waals surface area (Å²) in [6.07, 6.45) is 4.48. The maximum absolute atomic E-state index is 6.03. The number of aryl methyl sites for hydroxylation is 1. The van der Waals surface area contributed by atoms with Crippen molar-refractivity contribution in [2.45, 2.75) is 25.7 Å². The highest BCUT2D eigenvalue weighted by Crippen LogP contribution is 2.25. The van der Waals surface area contributed by atoms with E-state index in [1.807, 2.05) is 0 Å². The summed E-state index contributed by atoms with van der Waals surface area (Å²) in [4.78, 5) is 8.53. The zero-order chi connectivity index (χ0) is 9.26. The Balaban J connectivity index is 2.47. The zero-order valence-corrected chi connectivity index (χ0v) is 8.36. The van der Waals surface area contributed by atoms with Crippen molar-refractivity contribution < 1.29 is 0 Å². The molecule has 3 nitrogen and oxygen atoms in total. The van der Waals surface area contributed by atoms with Crippen molar-refractivity contribution in [1.82, 2.24) is 9.97 Å². The maximum atomic E-state index is 6.03. The molecule has 2 rings (SSSR count). The van der Waals surface area contributed by atoms with Gasteiger partial charge in [0.1, 0.15) is 5.15 Å². The van der Waals surface area contributed by atoms with Crippen LogP contribution in [0.2, 0.25) is 5.15 Å². The van der Waals surface area contributed by atoms with Crippen LogP contribution >= 0.6 is 11.6 Å². The largest absolute Gasteiger partial charge is 0.357 e. The zero-order valence-electron chi connectivity index (χ0n) is 7.60. The Labute approximate surface area is 82.5 Å². The van der Waals surface area contributed by atoms with Gasteiger partial charge in [-0.2, -0.15) is 0 Å². The lowest BCUT2D eigenvalue weighted by Gasteiger charge is -2.15. The van der Waals surface area contributed by atoms with Gasteiger partial charge in [0, 0.05) is 12.6 Å². The molecule has 0 radical (unpaired) electrons. The highest BCUT2D eigenvalue weighted by atomic mass is 35.5. The van der Waals surface area contributed by atoms with Crippen LogP contribution in [0.1, 0.15) is 24.1 Å². The predicted molar refractivity (Wildman–Crippen MR) is 53.2 cm³/mol. The molecule has 0 aliphatic heterocycles. The van der Waals surface area contributed by atoms with Crippen molar-refractivity contribution in [3.63, 3.8) is 0 Å². The molecule has 0 bridgehead atoms. The second-order valence-electron chi connectivity index (χ2n) is 3.22. The van der Waals surface area contributed by atoms with Crippen LogP contribution in [-0.2, 0) is 12.8 Å². The number of nitrogens with one attached hydrogen (secondary N) is 1. The molecule has 0 atom stereocenters. The van der Waals surface area contributed by atoms with Gasteiger partial charge < -0.3 is 5.32 Å². The lowest BCUT2D eigenvalue weighted by Crippen LogP contribution is -2.09. The number of anilines is 1. The summed E-state index contributed by atoms with van der Waals surface area (Å²) in [5.74, 6) is 0.630. The van der Waals surface area contributed by atoms with Gasteiger partial charge in [0.05, 0.1) is 5.69 Å². The topological polar surface area (TPSA) is 37.8 Å². The highest BCUT2D eigenvalue weighted by Gasteiger charge is 2.15. The van der Waals surface area contributed by atoms with Gasteiger partial charge in [-0.3, -0.25) is 0 Å². The summed E-state index contributed by atoms with van der Waals surface area (Å²) >= 11 is 6.03. The normalized spacial score (nSPS) is 15.2. The smallest absolute Gasteiger partial charge is 0.224 e. The van der Waals surface area contributed by atoms with Gasteiger partial charge in [0.15, 0.2) is 0 Å². The Morgan fingerprint density at radius 3 is 2.77 bits per heavy atom. The lowest BCUT2D eigenvalue weighted by atomic mass is 9.97. The second kappa shape index (κ2) is 3.50. The van der Waals surface area contributed by atoms with Crippen LogP contribution < -0.4 is 5.32 Å². The fraction of sp³-hybridized carbons (Fsp3) is 0.556. The van der Waals surface area contributed by atoms with Crippen LogP contribution in [0.5, 0.6) is 0 Å². The molecule has 1 aromatic heterocycles. The van der Waals surface area contributed by atoms with Gasteiger partial charge in [-0.05, 0) is 25.7 Å². The molecule has 1 aromatic rings. The van der Waals surface area contributed by atoms with Crippen LogP contribution in [0.4, 0.5) is 5.95 Å². The molecule has 70 valence electrons. The third-order valence-corrected chi connectivity index (χ3v) is 2.67. The molecule has 0 saturated heterocycles. The van der Waals surface area contributed by atoms with E-state index in [1.165, 1.54) is 12.8 Å². The van der Waals surface area contributed by atoms with Gasteiger partial charge in [-0.1, -0.05) is 11.6 Å². The average molecular weight is 198 g/mol. The first-order valence-electron chi connectivity index (χ1n) is 4.54. The van der Waals surface area contributed by atoms with Gasteiger partial charge in [0.25, 0.3) is 0 Å². The third kappa shape index (κ3) is 1.61. The summed E-state index contributed by atoms with van der Waals surface area (Å²) in [6, 6.07) is 0. The number of rotatable bonds is 1. The van der Waals surface area contributed by atoms with E-state index in [0.29, 0.717) is 11.1 Å². The van der Waals surface area contributed by atoms with E-state index >= 15 is 0 Å². The van der Waals surface area contributed by atoms with E-state index in [4.69, 9.17) is 11.6 Å². The van der Waals surface area contributed by atoms with Gasteiger partial charge in [0.2, 0.25) is 5.95 Å².